The first-order chi connectivity index (χ1) is 10.7. The summed E-state index contributed by atoms with van der Waals surface area (Å²) in [6.07, 6.45) is -0.523. The van der Waals surface area contributed by atoms with Crippen LogP contribution in [0.25, 0.3) is 0 Å². The monoisotopic (exact) mass is 345 g/mol. The van der Waals surface area contributed by atoms with Crippen LogP contribution in [-0.2, 0) is 21.1 Å². The van der Waals surface area contributed by atoms with Crippen molar-refractivity contribution in [2.45, 2.75) is 31.3 Å². The Balaban J connectivity index is 3.22. The van der Waals surface area contributed by atoms with Crippen molar-refractivity contribution < 1.29 is 27.8 Å². The number of carbonyl (C=O) groups is 1. The second kappa shape index (κ2) is 8.16. The fourth-order valence-corrected chi connectivity index (χ4v) is 3.70. The molecule has 1 atom stereocenters. The number of hydrogen-bond donors (Lipinski definition) is 2. The molecule has 1 aromatic rings. The first-order valence-corrected chi connectivity index (χ1v) is 8.76. The summed E-state index contributed by atoms with van der Waals surface area (Å²) in [5.41, 5.74) is 0.717. The smallest absolute Gasteiger partial charge is 0.216 e. The third-order valence-corrected chi connectivity index (χ3v) is 5.04. The van der Waals surface area contributed by atoms with E-state index >= 15 is 0 Å². The van der Waals surface area contributed by atoms with E-state index in [1.54, 1.807) is 6.07 Å². The van der Waals surface area contributed by atoms with Crippen LogP contribution in [0.1, 0.15) is 19.4 Å². The quantitative estimate of drug-likeness (QED) is 0.713. The van der Waals surface area contributed by atoms with Crippen LogP contribution >= 0.6 is 0 Å². The zero-order valence-electron chi connectivity index (χ0n) is 13.8. The van der Waals surface area contributed by atoms with Crippen LogP contribution in [0.2, 0.25) is 0 Å². The second-order valence-corrected chi connectivity index (χ2v) is 7.18. The number of carbonyl (C=O) groups excluding carboxylic acids is 1. The summed E-state index contributed by atoms with van der Waals surface area (Å²) < 4.78 is 35.1. The Bertz CT molecular complexity index is 654. The number of benzene rings is 1. The summed E-state index contributed by atoms with van der Waals surface area (Å²) in [5, 5.41) is 12.0. The molecule has 0 spiro atoms. The topological polar surface area (TPSA) is 102 Å². The largest absolute Gasteiger partial charge is 0.496 e. The van der Waals surface area contributed by atoms with Gasteiger partial charge < -0.3 is 19.9 Å². The number of aliphatic hydroxyl groups excluding tert-OH is 1. The minimum absolute atomic E-state index is 0.0268. The molecule has 0 fully saturated rings. The van der Waals surface area contributed by atoms with Gasteiger partial charge in [-0.05, 0) is 25.0 Å². The minimum Gasteiger partial charge on any atom is -0.496 e. The number of hydrogen-bond acceptors (Lipinski definition) is 6. The van der Waals surface area contributed by atoms with Gasteiger partial charge in [-0.2, -0.15) is 0 Å². The molecule has 0 bridgehead atoms. The molecule has 0 heterocycles. The van der Waals surface area contributed by atoms with Crippen molar-refractivity contribution in [2.24, 2.45) is 0 Å². The predicted octanol–water partition coefficient (Wildman–Crippen LogP) is 0.537. The number of aliphatic hydroxyl groups is 1. The molecule has 1 rings (SSSR count). The van der Waals surface area contributed by atoms with Gasteiger partial charge in [-0.3, -0.25) is 4.79 Å². The van der Waals surface area contributed by atoms with Crippen molar-refractivity contribution in [3.8, 4) is 11.5 Å². The molecule has 1 aromatic carbocycles. The van der Waals surface area contributed by atoms with Crippen LogP contribution in [-0.4, -0.2) is 52.1 Å². The summed E-state index contributed by atoms with van der Waals surface area (Å²) in [5.74, 6) is 0.0225. The Morgan fingerprint density at radius 1 is 1.26 bits per heavy atom. The molecule has 0 saturated carbocycles. The van der Waals surface area contributed by atoms with Crippen molar-refractivity contribution in [3.05, 3.63) is 17.7 Å². The molecule has 2 N–H and O–H groups in total. The van der Waals surface area contributed by atoms with Crippen molar-refractivity contribution in [1.82, 2.24) is 5.32 Å². The molecular formula is C15H23NO6S. The zero-order valence-corrected chi connectivity index (χ0v) is 14.6. The highest BCUT2D eigenvalue weighted by Gasteiger charge is 2.24. The zero-order chi connectivity index (χ0) is 17.6. The summed E-state index contributed by atoms with van der Waals surface area (Å²) in [6.45, 7) is 3.22. The van der Waals surface area contributed by atoms with Gasteiger partial charge in [0.25, 0.3) is 0 Å². The van der Waals surface area contributed by atoms with Crippen LogP contribution in [0, 0.1) is 0 Å². The number of rotatable bonds is 8. The molecule has 0 aromatic heterocycles. The molecule has 130 valence electrons. The Kier molecular flexibility index (Phi) is 6.83. The highest BCUT2D eigenvalue weighted by Crippen LogP contribution is 2.33. The van der Waals surface area contributed by atoms with Gasteiger partial charge in [0.05, 0.1) is 26.1 Å². The minimum atomic E-state index is -3.71. The maximum absolute atomic E-state index is 12.4. The maximum Gasteiger partial charge on any atom is 0.216 e. The van der Waals surface area contributed by atoms with Gasteiger partial charge in [0, 0.05) is 19.5 Å². The second-order valence-electron chi connectivity index (χ2n) is 5.18. The van der Waals surface area contributed by atoms with Crippen LogP contribution in [0.15, 0.2) is 17.0 Å². The van der Waals surface area contributed by atoms with Crippen LogP contribution in [0.3, 0.4) is 0 Å². The lowest BCUT2D eigenvalue weighted by Gasteiger charge is -2.16. The molecule has 8 heteroatoms. The van der Waals surface area contributed by atoms with Crippen LogP contribution in [0.4, 0.5) is 0 Å². The molecule has 1 unspecified atom stereocenters. The van der Waals surface area contributed by atoms with Crippen molar-refractivity contribution in [2.75, 3.05) is 26.5 Å². The fraction of sp³-hybridized carbons (Fsp3) is 0.533. The van der Waals surface area contributed by atoms with Gasteiger partial charge in [0.1, 0.15) is 16.4 Å². The van der Waals surface area contributed by atoms with E-state index in [2.05, 4.69) is 5.32 Å². The normalized spacial score (nSPS) is 12.6. The third kappa shape index (κ3) is 5.40. The number of nitrogens with one attached hydrogen (secondary N) is 1. The van der Waals surface area contributed by atoms with Gasteiger partial charge in [-0.1, -0.05) is 0 Å². The number of amides is 1. The van der Waals surface area contributed by atoms with E-state index in [9.17, 15) is 18.3 Å². The lowest BCUT2D eigenvalue weighted by molar-refractivity contribution is -0.118. The van der Waals surface area contributed by atoms with E-state index in [1.165, 1.54) is 34.1 Å². The van der Waals surface area contributed by atoms with Gasteiger partial charge in [-0.25, -0.2) is 8.42 Å². The summed E-state index contributed by atoms with van der Waals surface area (Å²) in [7, 11) is -0.895. The molecule has 23 heavy (non-hydrogen) atoms. The first kappa shape index (κ1) is 19.2. The van der Waals surface area contributed by atoms with Crippen LogP contribution in [0.5, 0.6) is 11.5 Å². The highest BCUT2D eigenvalue weighted by molar-refractivity contribution is 7.91. The summed E-state index contributed by atoms with van der Waals surface area (Å²) in [4.78, 5) is 10.9. The molecule has 0 aliphatic heterocycles. The molecule has 7 nitrogen and oxygen atoms in total. The average molecular weight is 345 g/mol. The lowest BCUT2D eigenvalue weighted by Crippen LogP contribution is -2.22. The number of ether oxygens (including phenoxy) is 2. The molecule has 0 radical (unpaired) electrons. The molecule has 0 aliphatic rings. The average Bonchev–Trinajstić information content (AvgIpc) is 2.44. The molecule has 0 saturated heterocycles. The van der Waals surface area contributed by atoms with E-state index in [0.29, 0.717) is 24.3 Å². The fourth-order valence-electron chi connectivity index (χ4n) is 2.15. The van der Waals surface area contributed by atoms with E-state index in [0.717, 1.165) is 0 Å². The SMILES string of the molecule is COc1cc(S(=O)(=O)CC(C)O)c(OC)cc1CCNC(C)=O. The van der Waals surface area contributed by atoms with Gasteiger partial charge in [0.15, 0.2) is 9.84 Å². The predicted molar refractivity (Wildman–Crippen MR) is 85.7 cm³/mol. The maximum atomic E-state index is 12.4. The van der Waals surface area contributed by atoms with Crippen molar-refractivity contribution in [1.29, 1.82) is 0 Å². The lowest BCUT2D eigenvalue weighted by atomic mass is 10.1. The van der Waals surface area contributed by atoms with E-state index in [4.69, 9.17) is 9.47 Å². The van der Waals surface area contributed by atoms with Crippen LogP contribution < -0.4 is 14.8 Å². The number of sulfone groups is 1. The van der Waals surface area contributed by atoms with Gasteiger partial charge in [0.2, 0.25) is 5.91 Å². The van der Waals surface area contributed by atoms with Gasteiger partial charge in [-0.15, -0.1) is 0 Å². The summed E-state index contributed by atoms with van der Waals surface area (Å²) >= 11 is 0. The molecule has 0 aliphatic carbocycles. The van der Waals surface area contributed by atoms with E-state index in [-0.39, 0.29) is 16.6 Å². The first-order valence-electron chi connectivity index (χ1n) is 7.11. The van der Waals surface area contributed by atoms with E-state index < -0.39 is 21.7 Å². The third-order valence-electron chi connectivity index (χ3n) is 3.13. The number of methoxy groups -OCH3 is 2. The Labute approximate surface area is 136 Å². The van der Waals surface area contributed by atoms with Crippen molar-refractivity contribution in [3.63, 3.8) is 0 Å². The molecule has 1 amide bonds. The molecular weight excluding hydrogens is 322 g/mol. The van der Waals surface area contributed by atoms with Crippen molar-refractivity contribution >= 4 is 15.7 Å². The van der Waals surface area contributed by atoms with E-state index in [1.807, 2.05) is 0 Å². The Morgan fingerprint density at radius 2 is 1.87 bits per heavy atom. The summed E-state index contributed by atoms with van der Waals surface area (Å²) in [6, 6.07) is 2.97. The van der Waals surface area contributed by atoms with Gasteiger partial charge >= 0.3 is 0 Å². The Hall–Kier alpha value is -1.80. The Morgan fingerprint density at radius 3 is 2.35 bits per heavy atom. The highest BCUT2D eigenvalue weighted by atomic mass is 32.2. The standard InChI is InChI=1S/C15H23NO6S/c1-10(17)9-23(19,20)15-8-13(21-3)12(7-14(15)22-4)5-6-16-11(2)18/h7-8,10,17H,5-6,9H2,1-4H3,(H,16,18).